The summed E-state index contributed by atoms with van der Waals surface area (Å²) in [5.41, 5.74) is 3.86. The van der Waals surface area contributed by atoms with Crippen LogP contribution in [0.3, 0.4) is 0 Å². The maximum absolute atomic E-state index is 12.0. The molecule has 0 saturated heterocycles. The van der Waals surface area contributed by atoms with Gasteiger partial charge >= 0.3 is 11.8 Å². The summed E-state index contributed by atoms with van der Waals surface area (Å²) in [6.07, 6.45) is 0. The molecule has 0 heterocycles. The molecule has 0 unspecified atom stereocenters. The predicted molar refractivity (Wildman–Crippen MR) is 102 cm³/mol. The molecule has 0 aliphatic carbocycles. The van der Waals surface area contributed by atoms with Crippen molar-refractivity contribution in [3.05, 3.63) is 58.1 Å². The Bertz CT molecular complexity index is 845. The van der Waals surface area contributed by atoms with Gasteiger partial charge in [0.05, 0.1) is 6.54 Å². The van der Waals surface area contributed by atoms with Crippen molar-refractivity contribution in [3.63, 3.8) is 0 Å². The van der Waals surface area contributed by atoms with Crippen molar-refractivity contribution in [2.24, 2.45) is 0 Å². The topological polar surface area (TPSA) is 87.3 Å². The number of amides is 3. The van der Waals surface area contributed by atoms with Crippen LogP contribution in [0.5, 0.6) is 0 Å². The molecule has 0 aromatic heterocycles. The number of nitrogens with one attached hydrogen (secondary N) is 3. The van der Waals surface area contributed by atoms with Gasteiger partial charge in [0.2, 0.25) is 5.91 Å². The Morgan fingerprint density at radius 3 is 2.19 bits per heavy atom. The lowest BCUT2D eigenvalue weighted by Gasteiger charge is -2.10. The van der Waals surface area contributed by atoms with Crippen molar-refractivity contribution in [1.29, 1.82) is 0 Å². The second-order valence-corrected chi connectivity index (χ2v) is 6.46. The van der Waals surface area contributed by atoms with Crippen molar-refractivity contribution < 1.29 is 14.4 Å². The lowest BCUT2D eigenvalue weighted by Crippen LogP contribution is -2.39. The third-order valence-electron chi connectivity index (χ3n) is 3.57. The Kier molecular flexibility index (Phi) is 6.36. The van der Waals surface area contributed by atoms with Crippen LogP contribution in [0.25, 0.3) is 0 Å². The highest BCUT2D eigenvalue weighted by atomic mass is 35.5. The molecule has 0 bridgehead atoms. The van der Waals surface area contributed by atoms with E-state index in [4.69, 9.17) is 11.6 Å². The van der Waals surface area contributed by atoms with Gasteiger partial charge in [-0.25, -0.2) is 0 Å². The van der Waals surface area contributed by atoms with Gasteiger partial charge in [-0.3, -0.25) is 14.4 Å². The molecule has 0 atom stereocenters. The zero-order valence-corrected chi connectivity index (χ0v) is 15.5. The van der Waals surface area contributed by atoms with E-state index in [0.717, 1.165) is 16.7 Å². The summed E-state index contributed by atoms with van der Waals surface area (Å²) < 4.78 is 0. The molecule has 0 saturated carbocycles. The minimum Gasteiger partial charge on any atom is -0.339 e. The number of rotatable bonds is 4. The lowest BCUT2D eigenvalue weighted by atomic mass is 10.1. The number of benzene rings is 2. The zero-order chi connectivity index (χ0) is 19.3. The van der Waals surface area contributed by atoms with E-state index in [0.29, 0.717) is 16.4 Å². The Labute approximate surface area is 156 Å². The SMILES string of the molecule is Cc1cc(C)cc(NC(=O)C(=O)NCC(=O)Nc2cc(Cl)ccc2C)c1. The van der Waals surface area contributed by atoms with E-state index < -0.39 is 17.7 Å². The molecule has 0 fully saturated rings. The molecule has 0 aliphatic rings. The normalized spacial score (nSPS) is 10.2. The number of aryl methyl sites for hydroxylation is 3. The molecule has 7 heteroatoms. The van der Waals surface area contributed by atoms with E-state index in [2.05, 4.69) is 16.0 Å². The first kappa shape index (κ1) is 19.5. The van der Waals surface area contributed by atoms with Gasteiger partial charge in [0.25, 0.3) is 0 Å². The summed E-state index contributed by atoms with van der Waals surface area (Å²) in [5, 5.41) is 7.93. The van der Waals surface area contributed by atoms with Crippen LogP contribution in [0.4, 0.5) is 11.4 Å². The van der Waals surface area contributed by atoms with Gasteiger partial charge < -0.3 is 16.0 Å². The number of anilines is 2. The fourth-order valence-corrected chi connectivity index (χ4v) is 2.57. The van der Waals surface area contributed by atoms with E-state index in [9.17, 15) is 14.4 Å². The first-order valence-electron chi connectivity index (χ1n) is 7.98. The molecule has 2 aromatic rings. The minimum atomic E-state index is -0.887. The molecule has 2 aromatic carbocycles. The van der Waals surface area contributed by atoms with E-state index in [1.54, 1.807) is 30.3 Å². The van der Waals surface area contributed by atoms with Crippen LogP contribution in [-0.4, -0.2) is 24.3 Å². The maximum atomic E-state index is 12.0. The van der Waals surface area contributed by atoms with Crippen LogP contribution >= 0.6 is 11.6 Å². The van der Waals surface area contributed by atoms with E-state index in [1.165, 1.54) is 0 Å². The largest absolute Gasteiger partial charge is 0.339 e. The van der Waals surface area contributed by atoms with Crippen LogP contribution in [0, 0.1) is 20.8 Å². The predicted octanol–water partition coefficient (Wildman–Crippen LogP) is 2.96. The third kappa shape index (κ3) is 5.60. The first-order valence-corrected chi connectivity index (χ1v) is 8.36. The molecule has 2 rings (SSSR count). The van der Waals surface area contributed by atoms with Crippen molar-refractivity contribution in [2.45, 2.75) is 20.8 Å². The van der Waals surface area contributed by atoms with Crippen LogP contribution in [0.1, 0.15) is 16.7 Å². The number of carbonyl (C=O) groups is 3. The number of halogens is 1. The van der Waals surface area contributed by atoms with Gasteiger partial charge in [-0.15, -0.1) is 0 Å². The van der Waals surface area contributed by atoms with Gasteiger partial charge in [-0.05, 0) is 61.7 Å². The van der Waals surface area contributed by atoms with Gasteiger partial charge in [-0.2, -0.15) is 0 Å². The molecule has 0 aliphatic heterocycles. The molecule has 3 amide bonds. The van der Waals surface area contributed by atoms with Crippen LogP contribution < -0.4 is 16.0 Å². The summed E-state index contributed by atoms with van der Waals surface area (Å²) in [6.45, 7) is 5.28. The van der Waals surface area contributed by atoms with E-state index >= 15 is 0 Å². The Balaban J connectivity index is 1.88. The van der Waals surface area contributed by atoms with Gasteiger partial charge in [-0.1, -0.05) is 23.7 Å². The van der Waals surface area contributed by atoms with Crippen molar-refractivity contribution in [3.8, 4) is 0 Å². The average molecular weight is 374 g/mol. The molecular weight excluding hydrogens is 354 g/mol. The molecule has 136 valence electrons. The van der Waals surface area contributed by atoms with Crippen molar-refractivity contribution in [2.75, 3.05) is 17.2 Å². The molecule has 3 N–H and O–H groups in total. The van der Waals surface area contributed by atoms with Gasteiger partial charge in [0, 0.05) is 16.4 Å². The fraction of sp³-hybridized carbons (Fsp3) is 0.211. The van der Waals surface area contributed by atoms with Crippen LogP contribution in [-0.2, 0) is 14.4 Å². The smallest absolute Gasteiger partial charge is 0.313 e. The highest BCUT2D eigenvalue weighted by Crippen LogP contribution is 2.19. The zero-order valence-electron chi connectivity index (χ0n) is 14.8. The van der Waals surface area contributed by atoms with E-state index in [1.807, 2.05) is 26.8 Å². The monoisotopic (exact) mass is 373 g/mol. The average Bonchev–Trinajstić information content (AvgIpc) is 2.55. The second-order valence-electron chi connectivity index (χ2n) is 6.02. The van der Waals surface area contributed by atoms with Crippen LogP contribution in [0.15, 0.2) is 36.4 Å². The maximum Gasteiger partial charge on any atom is 0.313 e. The van der Waals surface area contributed by atoms with Crippen LogP contribution in [0.2, 0.25) is 5.02 Å². The standard InChI is InChI=1S/C19H20ClN3O3/c1-11-6-12(2)8-15(7-11)22-19(26)18(25)21-10-17(24)23-16-9-14(20)5-4-13(16)3/h4-9H,10H2,1-3H3,(H,21,25)(H,22,26)(H,23,24). The number of carbonyl (C=O) groups excluding carboxylic acids is 3. The number of hydrogen-bond acceptors (Lipinski definition) is 3. The van der Waals surface area contributed by atoms with E-state index in [-0.39, 0.29) is 6.54 Å². The summed E-state index contributed by atoms with van der Waals surface area (Å²) in [7, 11) is 0. The third-order valence-corrected chi connectivity index (χ3v) is 3.80. The highest BCUT2D eigenvalue weighted by Gasteiger charge is 2.15. The summed E-state index contributed by atoms with van der Waals surface area (Å²) in [5.74, 6) is -2.17. The summed E-state index contributed by atoms with van der Waals surface area (Å²) in [4.78, 5) is 35.8. The quantitative estimate of drug-likeness (QED) is 0.720. The first-order chi connectivity index (χ1) is 12.2. The highest BCUT2D eigenvalue weighted by molar-refractivity contribution is 6.40. The summed E-state index contributed by atoms with van der Waals surface area (Å²) in [6, 6.07) is 10.6. The lowest BCUT2D eigenvalue weighted by molar-refractivity contribution is -0.136. The molecule has 0 radical (unpaired) electrons. The molecule has 26 heavy (non-hydrogen) atoms. The minimum absolute atomic E-state index is 0.328. The molecule has 6 nitrogen and oxygen atoms in total. The Hall–Kier alpha value is -2.86. The molecule has 0 spiro atoms. The number of hydrogen-bond donors (Lipinski definition) is 3. The van der Waals surface area contributed by atoms with Crippen molar-refractivity contribution in [1.82, 2.24) is 5.32 Å². The Morgan fingerprint density at radius 2 is 1.54 bits per heavy atom. The summed E-state index contributed by atoms with van der Waals surface area (Å²) >= 11 is 5.89. The van der Waals surface area contributed by atoms with Gasteiger partial charge in [0.1, 0.15) is 0 Å². The molecular formula is C19H20ClN3O3. The second kappa shape index (κ2) is 8.49. The fourth-order valence-electron chi connectivity index (χ4n) is 2.40. The Morgan fingerprint density at radius 1 is 0.885 bits per heavy atom. The van der Waals surface area contributed by atoms with Crippen molar-refractivity contribution >= 4 is 40.7 Å². The van der Waals surface area contributed by atoms with Gasteiger partial charge in [0.15, 0.2) is 0 Å².